The van der Waals surface area contributed by atoms with Crippen LogP contribution in [0, 0.1) is 5.92 Å². The van der Waals surface area contributed by atoms with Crippen LogP contribution in [-0.2, 0) is 19.1 Å². The van der Waals surface area contributed by atoms with E-state index in [-0.39, 0.29) is 30.1 Å². The highest BCUT2D eigenvalue weighted by Gasteiger charge is 2.33. The molecule has 0 saturated carbocycles. The first-order valence-electron chi connectivity index (χ1n) is 9.13. The van der Waals surface area contributed by atoms with Crippen LogP contribution in [0.15, 0.2) is 23.8 Å². The van der Waals surface area contributed by atoms with Gasteiger partial charge in [0.2, 0.25) is 5.91 Å². The van der Waals surface area contributed by atoms with E-state index < -0.39 is 6.10 Å². The van der Waals surface area contributed by atoms with Gasteiger partial charge in [0.1, 0.15) is 6.10 Å². The molecule has 0 aromatic carbocycles. The molecule has 1 N–H and O–H groups in total. The Balaban J connectivity index is 2.48. The van der Waals surface area contributed by atoms with E-state index in [4.69, 9.17) is 9.47 Å². The van der Waals surface area contributed by atoms with E-state index in [1.807, 2.05) is 6.92 Å². The minimum Gasteiger partial charge on any atom is -0.459 e. The zero-order valence-corrected chi connectivity index (χ0v) is 16.4. The first-order valence-corrected chi connectivity index (χ1v) is 9.13. The summed E-state index contributed by atoms with van der Waals surface area (Å²) >= 11 is 0. The molecule has 1 aliphatic rings. The number of rotatable bonds is 7. The number of carbonyl (C=O) groups excluding carboxylic acids is 2. The van der Waals surface area contributed by atoms with Crippen molar-refractivity contribution in [3.63, 3.8) is 0 Å². The maximum absolute atomic E-state index is 12.1. The van der Waals surface area contributed by atoms with Crippen molar-refractivity contribution in [3.8, 4) is 0 Å². The third kappa shape index (κ3) is 8.34. The molecule has 0 aliphatic carbocycles. The van der Waals surface area contributed by atoms with Gasteiger partial charge in [-0.15, -0.1) is 0 Å². The molecule has 142 valence electrons. The van der Waals surface area contributed by atoms with Gasteiger partial charge in [-0.05, 0) is 59.0 Å². The summed E-state index contributed by atoms with van der Waals surface area (Å²) in [6.45, 7) is 11.5. The Hall–Kier alpha value is -1.62. The van der Waals surface area contributed by atoms with Crippen molar-refractivity contribution in [1.82, 2.24) is 5.32 Å². The minimum absolute atomic E-state index is 0.00381. The van der Waals surface area contributed by atoms with Crippen molar-refractivity contribution < 1.29 is 19.1 Å². The van der Waals surface area contributed by atoms with E-state index in [0.29, 0.717) is 5.92 Å². The first-order chi connectivity index (χ1) is 11.7. The fraction of sp³-hybridized carbons (Fsp3) is 0.700. The Morgan fingerprint density at radius 1 is 1.28 bits per heavy atom. The minimum atomic E-state index is -0.415. The van der Waals surface area contributed by atoms with Crippen LogP contribution >= 0.6 is 0 Å². The molecule has 1 rings (SSSR count). The lowest BCUT2D eigenvalue weighted by molar-refractivity contribution is -0.143. The molecule has 1 aliphatic heterocycles. The highest BCUT2D eigenvalue weighted by molar-refractivity contribution is 5.87. The van der Waals surface area contributed by atoms with E-state index in [1.54, 1.807) is 13.0 Å². The Bertz CT molecular complexity index is 508. The summed E-state index contributed by atoms with van der Waals surface area (Å²) in [4.78, 5) is 22.9. The molecule has 0 aromatic heterocycles. The van der Waals surface area contributed by atoms with E-state index in [2.05, 4.69) is 32.2 Å². The summed E-state index contributed by atoms with van der Waals surface area (Å²) in [7, 11) is 0. The van der Waals surface area contributed by atoms with Gasteiger partial charge in [-0.1, -0.05) is 18.6 Å². The number of allylic oxidation sites excluding steroid dienone is 2. The molecule has 5 nitrogen and oxygen atoms in total. The fourth-order valence-electron chi connectivity index (χ4n) is 3.07. The van der Waals surface area contributed by atoms with Gasteiger partial charge in [0, 0.05) is 13.0 Å². The second-order valence-corrected chi connectivity index (χ2v) is 7.24. The molecule has 1 amide bonds. The third-order valence-corrected chi connectivity index (χ3v) is 4.42. The van der Waals surface area contributed by atoms with Gasteiger partial charge in [-0.3, -0.25) is 9.59 Å². The molecule has 1 fully saturated rings. The van der Waals surface area contributed by atoms with Crippen LogP contribution in [0.4, 0.5) is 0 Å². The molecule has 0 bridgehead atoms. The number of nitrogens with one attached hydrogen (secondary N) is 1. The largest absolute Gasteiger partial charge is 0.459 e. The van der Waals surface area contributed by atoms with E-state index in [9.17, 15) is 9.59 Å². The topological polar surface area (TPSA) is 64.6 Å². The quantitative estimate of drug-likeness (QED) is 0.433. The van der Waals surface area contributed by atoms with Crippen molar-refractivity contribution in [2.24, 2.45) is 5.92 Å². The number of hydrogen-bond donors (Lipinski definition) is 1. The Morgan fingerprint density at radius 3 is 2.56 bits per heavy atom. The molecule has 0 aromatic rings. The predicted octanol–water partition coefficient (Wildman–Crippen LogP) is 3.54. The van der Waals surface area contributed by atoms with E-state index in [0.717, 1.165) is 19.3 Å². The maximum atomic E-state index is 12.1. The van der Waals surface area contributed by atoms with Crippen molar-refractivity contribution in [2.75, 3.05) is 0 Å². The van der Waals surface area contributed by atoms with Crippen LogP contribution in [0.2, 0.25) is 0 Å². The van der Waals surface area contributed by atoms with Crippen molar-refractivity contribution in [3.05, 3.63) is 23.8 Å². The molecular formula is C20H33NO4. The standard InChI is InChI=1S/C20H33NO4/c1-13(2)8-7-9-19-14(3)12-18(16(5)25-19)21-20(23)11-10-15(4)24-17(6)22/h8,10-11,14-16,18-19H,7,9,12H2,1-6H3,(H,21,23)/b11-10-/t14-,15-,16+,18+,19-/m0/s1. The molecule has 0 radical (unpaired) electrons. The summed E-state index contributed by atoms with van der Waals surface area (Å²) in [6.07, 6.45) is 7.98. The SMILES string of the molecule is CC(=O)O[C@@H](C)/C=C\C(=O)N[C@@H]1C[C@H](C)[C@H](CCC=C(C)C)O[C@@H]1C. The molecule has 0 spiro atoms. The van der Waals surface area contributed by atoms with Crippen LogP contribution < -0.4 is 5.32 Å². The monoisotopic (exact) mass is 351 g/mol. The van der Waals surface area contributed by atoms with Gasteiger partial charge in [0.25, 0.3) is 0 Å². The van der Waals surface area contributed by atoms with Crippen molar-refractivity contribution in [2.45, 2.75) is 85.2 Å². The highest BCUT2D eigenvalue weighted by atomic mass is 16.5. The zero-order valence-electron chi connectivity index (χ0n) is 16.4. The summed E-state index contributed by atoms with van der Waals surface area (Å²) in [5.74, 6) is -0.148. The zero-order chi connectivity index (χ0) is 19.0. The van der Waals surface area contributed by atoms with Crippen LogP contribution in [0.1, 0.15) is 60.8 Å². The Labute approximate surface area is 151 Å². The van der Waals surface area contributed by atoms with Gasteiger partial charge in [-0.25, -0.2) is 0 Å². The van der Waals surface area contributed by atoms with Crippen LogP contribution in [0.3, 0.4) is 0 Å². The van der Waals surface area contributed by atoms with E-state index in [1.165, 1.54) is 18.6 Å². The van der Waals surface area contributed by atoms with Crippen molar-refractivity contribution in [1.29, 1.82) is 0 Å². The first kappa shape index (κ1) is 21.4. The van der Waals surface area contributed by atoms with Crippen molar-refractivity contribution >= 4 is 11.9 Å². The second kappa shape index (κ2) is 10.4. The molecule has 5 atom stereocenters. The third-order valence-electron chi connectivity index (χ3n) is 4.42. The summed E-state index contributed by atoms with van der Waals surface area (Å²) < 4.78 is 11.1. The van der Waals surface area contributed by atoms with Crippen LogP contribution in [0.5, 0.6) is 0 Å². The Kier molecular flexibility index (Phi) is 8.90. The predicted molar refractivity (Wildman–Crippen MR) is 99.1 cm³/mol. The average molecular weight is 351 g/mol. The summed E-state index contributed by atoms with van der Waals surface area (Å²) in [5.41, 5.74) is 1.33. The summed E-state index contributed by atoms with van der Waals surface area (Å²) in [5, 5.41) is 3.00. The second-order valence-electron chi connectivity index (χ2n) is 7.24. The van der Waals surface area contributed by atoms with Gasteiger partial charge in [0.15, 0.2) is 0 Å². The van der Waals surface area contributed by atoms with Gasteiger partial charge in [-0.2, -0.15) is 0 Å². The average Bonchev–Trinajstić information content (AvgIpc) is 2.49. The lowest BCUT2D eigenvalue weighted by Gasteiger charge is -2.39. The molecule has 5 heteroatoms. The van der Waals surface area contributed by atoms with Gasteiger partial charge < -0.3 is 14.8 Å². The number of amides is 1. The highest BCUT2D eigenvalue weighted by Crippen LogP contribution is 2.28. The maximum Gasteiger partial charge on any atom is 0.303 e. The van der Waals surface area contributed by atoms with Crippen LogP contribution in [-0.4, -0.2) is 36.2 Å². The number of esters is 1. The molecule has 1 heterocycles. The number of carbonyl (C=O) groups is 2. The lowest BCUT2D eigenvalue weighted by atomic mass is 9.87. The smallest absolute Gasteiger partial charge is 0.303 e. The Morgan fingerprint density at radius 2 is 1.96 bits per heavy atom. The summed E-state index contributed by atoms with van der Waals surface area (Å²) in [6, 6.07) is -0.00381. The molecule has 1 saturated heterocycles. The lowest BCUT2D eigenvalue weighted by Crippen LogP contribution is -2.50. The number of ether oxygens (including phenoxy) is 2. The number of hydrogen-bond acceptors (Lipinski definition) is 4. The molecule has 25 heavy (non-hydrogen) atoms. The van der Waals surface area contributed by atoms with Gasteiger partial charge >= 0.3 is 5.97 Å². The van der Waals surface area contributed by atoms with Crippen LogP contribution in [0.25, 0.3) is 0 Å². The van der Waals surface area contributed by atoms with Gasteiger partial charge in [0.05, 0.1) is 18.2 Å². The normalized spacial score (nSPS) is 27.6. The fourth-order valence-corrected chi connectivity index (χ4v) is 3.07. The molecule has 0 unspecified atom stereocenters. The van der Waals surface area contributed by atoms with E-state index >= 15 is 0 Å². The molecular weight excluding hydrogens is 318 g/mol.